The zero-order valence-corrected chi connectivity index (χ0v) is 18.0. The van der Waals surface area contributed by atoms with E-state index in [1.54, 1.807) is 0 Å². The topological polar surface area (TPSA) is 21.3 Å². The lowest BCUT2D eigenvalue weighted by atomic mass is 9.98. The maximum atomic E-state index is 6.00. The standard InChI is InChI=1S/C29H29NO/c1-23-15-17-24(18-16-23)20-29(27-12-6-3-7-13-27)30-21-26-11-8-14-28(19-26)31-22-25-9-4-2-5-10-25/h2-19,29-30H,20-22H2,1H3. The van der Waals surface area contributed by atoms with Crippen LogP contribution in [-0.4, -0.2) is 0 Å². The van der Waals surface area contributed by atoms with Gasteiger partial charge < -0.3 is 10.1 Å². The van der Waals surface area contributed by atoms with E-state index in [9.17, 15) is 0 Å². The first-order chi connectivity index (χ1) is 15.3. The van der Waals surface area contributed by atoms with E-state index < -0.39 is 0 Å². The van der Waals surface area contributed by atoms with Crippen LogP contribution in [0.5, 0.6) is 5.75 Å². The second kappa shape index (κ2) is 10.6. The Labute approximate surface area is 185 Å². The lowest BCUT2D eigenvalue weighted by Gasteiger charge is -2.20. The Morgan fingerprint density at radius 1 is 0.677 bits per heavy atom. The molecule has 0 radical (unpaired) electrons. The predicted octanol–water partition coefficient (Wildman–Crippen LogP) is 6.65. The van der Waals surface area contributed by atoms with Gasteiger partial charge in [0.15, 0.2) is 0 Å². The molecule has 0 bridgehead atoms. The second-order valence-corrected chi connectivity index (χ2v) is 7.96. The molecule has 0 aliphatic heterocycles. The monoisotopic (exact) mass is 407 g/mol. The average Bonchev–Trinajstić information content (AvgIpc) is 2.83. The van der Waals surface area contributed by atoms with Gasteiger partial charge in [-0.25, -0.2) is 0 Å². The molecular formula is C29H29NO. The van der Waals surface area contributed by atoms with Gasteiger partial charge in [0.2, 0.25) is 0 Å². The molecule has 0 saturated heterocycles. The molecule has 0 spiro atoms. The molecule has 156 valence electrons. The molecule has 1 atom stereocenters. The smallest absolute Gasteiger partial charge is 0.120 e. The van der Waals surface area contributed by atoms with Crippen molar-refractivity contribution in [1.82, 2.24) is 5.32 Å². The number of hydrogen-bond acceptors (Lipinski definition) is 2. The molecule has 0 amide bonds. The van der Waals surface area contributed by atoms with Crippen molar-refractivity contribution in [3.05, 3.63) is 137 Å². The minimum Gasteiger partial charge on any atom is -0.489 e. The summed E-state index contributed by atoms with van der Waals surface area (Å²) in [5, 5.41) is 3.76. The van der Waals surface area contributed by atoms with Crippen LogP contribution in [-0.2, 0) is 19.6 Å². The first-order valence-corrected chi connectivity index (χ1v) is 10.9. The van der Waals surface area contributed by atoms with E-state index in [0.29, 0.717) is 6.61 Å². The number of hydrogen-bond donors (Lipinski definition) is 1. The number of ether oxygens (including phenoxy) is 1. The van der Waals surface area contributed by atoms with Gasteiger partial charge in [0.1, 0.15) is 12.4 Å². The van der Waals surface area contributed by atoms with Gasteiger partial charge in [-0.3, -0.25) is 0 Å². The first kappa shape index (κ1) is 20.9. The fourth-order valence-corrected chi connectivity index (χ4v) is 3.68. The van der Waals surface area contributed by atoms with Gasteiger partial charge in [0.05, 0.1) is 0 Å². The van der Waals surface area contributed by atoms with Crippen LogP contribution in [0.3, 0.4) is 0 Å². The zero-order valence-electron chi connectivity index (χ0n) is 18.0. The Bertz CT molecular complexity index is 1060. The molecule has 0 saturated carbocycles. The SMILES string of the molecule is Cc1ccc(CC(NCc2cccc(OCc3ccccc3)c2)c2ccccc2)cc1. The fourth-order valence-electron chi connectivity index (χ4n) is 3.68. The summed E-state index contributed by atoms with van der Waals surface area (Å²) in [6.45, 7) is 3.50. The van der Waals surface area contributed by atoms with Gasteiger partial charge in [0.25, 0.3) is 0 Å². The van der Waals surface area contributed by atoms with E-state index in [4.69, 9.17) is 4.74 Å². The van der Waals surface area contributed by atoms with Crippen LogP contribution in [0, 0.1) is 6.92 Å². The van der Waals surface area contributed by atoms with E-state index in [1.165, 1.54) is 27.8 Å². The molecule has 0 aliphatic rings. The van der Waals surface area contributed by atoms with Gasteiger partial charge >= 0.3 is 0 Å². The maximum absolute atomic E-state index is 6.00. The third kappa shape index (κ3) is 6.31. The third-order valence-corrected chi connectivity index (χ3v) is 5.46. The van der Waals surface area contributed by atoms with Gasteiger partial charge in [0, 0.05) is 12.6 Å². The van der Waals surface area contributed by atoms with Crippen LogP contribution in [0.2, 0.25) is 0 Å². The summed E-state index contributed by atoms with van der Waals surface area (Å²) in [5.41, 5.74) is 6.33. The summed E-state index contributed by atoms with van der Waals surface area (Å²) >= 11 is 0. The van der Waals surface area contributed by atoms with Crippen molar-refractivity contribution in [3.8, 4) is 5.75 Å². The van der Waals surface area contributed by atoms with E-state index in [1.807, 2.05) is 24.3 Å². The van der Waals surface area contributed by atoms with Gasteiger partial charge in [-0.15, -0.1) is 0 Å². The summed E-state index contributed by atoms with van der Waals surface area (Å²) in [5.74, 6) is 0.901. The summed E-state index contributed by atoms with van der Waals surface area (Å²) in [6.07, 6.45) is 0.953. The highest BCUT2D eigenvalue weighted by atomic mass is 16.5. The quantitative estimate of drug-likeness (QED) is 0.335. The van der Waals surface area contributed by atoms with Crippen molar-refractivity contribution in [2.45, 2.75) is 32.5 Å². The molecule has 0 heterocycles. The summed E-state index contributed by atoms with van der Waals surface area (Å²) in [6, 6.07) is 38.4. The van der Waals surface area contributed by atoms with Crippen LogP contribution in [0.25, 0.3) is 0 Å². The van der Waals surface area contributed by atoms with Crippen molar-refractivity contribution in [2.75, 3.05) is 0 Å². The van der Waals surface area contributed by atoms with Crippen molar-refractivity contribution < 1.29 is 4.74 Å². The van der Waals surface area contributed by atoms with Crippen molar-refractivity contribution in [2.24, 2.45) is 0 Å². The van der Waals surface area contributed by atoms with E-state index in [-0.39, 0.29) is 6.04 Å². The Morgan fingerprint density at radius 3 is 2.10 bits per heavy atom. The van der Waals surface area contributed by atoms with Crippen LogP contribution >= 0.6 is 0 Å². The molecule has 31 heavy (non-hydrogen) atoms. The Kier molecular flexibility index (Phi) is 7.15. The normalized spacial score (nSPS) is 11.8. The molecule has 0 aliphatic carbocycles. The van der Waals surface area contributed by atoms with E-state index in [0.717, 1.165) is 18.7 Å². The molecule has 0 aromatic heterocycles. The van der Waals surface area contributed by atoms with Crippen molar-refractivity contribution >= 4 is 0 Å². The number of aryl methyl sites for hydroxylation is 1. The van der Waals surface area contributed by atoms with Crippen LogP contribution < -0.4 is 10.1 Å². The third-order valence-electron chi connectivity index (χ3n) is 5.46. The van der Waals surface area contributed by atoms with Crippen LogP contribution in [0.15, 0.2) is 109 Å². The molecule has 1 N–H and O–H groups in total. The van der Waals surface area contributed by atoms with E-state index in [2.05, 4.69) is 97.2 Å². The number of benzene rings is 4. The largest absolute Gasteiger partial charge is 0.489 e. The first-order valence-electron chi connectivity index (χ1n) is 10.9. The van der Waals surface area contributed by atoms with Crippen LogP contribution in [0.4, 0.5) is 0 Å². The average molecular weight is 408 g/mol. The Balaban J connectivity index is 1.42. The summed E-state index contributed by atoms with van der Waals surface area (Å²) in [4.78, 5) is 0. The molecule has 2 heteroatoms. The Morgan fingerprint density at radius 2 is 1.35 bits per heavy atom. The molecular weight excluding hydrogens is 378 g/mol. The highest BCUT2D eigenvalue weighted by molar-refractivity contribution is 5.30. The minimum atomic E-state index is 0.248. The van der Waals surface area contributed by atoms with E-state index >= 15 is 0 Å². The fraction of sp³-hybridized carbons (Fsp3) is 0.172. The van der Waals surface area contributed by atoms with Crippen molar-refractivity contribution in [1.29, 1.82) is 0 Å². The summed E-state index contributed by atoms with van der Waals surface area (Å²) < 4.78 is 6.00. The lowest BCUT2D eigenvalue weighted by molar-refractivity contribution is 0.306. The zero-order chi connectivity index (χ0) is 21.3. The van der Waals surface area contributed by atoms with Crippen molar-refractivity contribution in [3.63, 3.8) is 0 Å². The molecule has 1 unspecified atom stereocenters. The summed E-state index contributed by atoms with van der Waals surface area (Å²) in [7, 11) is 0. The molecule has 4 rings (SSSR count). The number of nitrogens with one attached hydrogen (secondary N) is 1. The second-order valence-electron chi connectivity index (χ2n) is 7.96. The Hall–Kier alpha value is -3.36. The number of rotatable bonds is 9. The lowest BCUT2D eigenvalue weighted by Crippen LogP contribution is -2.23. The highest BCUT2D eigenvalue weighted by Crippen LogP contribution is 2.21. The highest BCUT2D eigenvalue weighted by Gasteiger charge is 2.12. The molecule has 4 aromatic carbocycles. The van der Waals surface area contributed by atoms with Gasteiger partial charge in [-0.1, -0.05) is 103 Å². The van der Waals surface area contributed by atoms with Crippen LogP contribution in [0.1, 0.15) is 33.9 Å². The van der Waals surface area contributed by atoms with Gasteiger partial charge in [-0.2, -0.15) is 0 Å². The molecule has 0 fully saturated rings. The maximum Gasteiger partial charge on any atom is 0.120 e. The minimum absolute atomic E-state index is 0.248. The molecule has 2 nitrogen and oxygen atoms in total. The predicted molar refractivity (Wildman–Crippen MR) is 128 cm³/mol. The molecule has 4 aromatic rings. The van der Waals surface area contributed by atoms with Gasteiger partial charge in [-0.05, 0) is 47.7 Å².